The van der Waals surface area contributed by atoms with E-state index in [-0.39, 0.29) is 18.5 Å². The van der Waals surface area contributed by atoms with Gasteiger partial charge in [0.1, 0.15) is 0 Å². The Balaban J connectivity index is 3.28. The minimum atomic E-state index is -0.838. The number of allylic oxidation sites excluding steroid dienone is 5. The number of carbonyl (C=O) groups is 2. The molecule has 0 aromatic heterocycles. The van der Waals surface area contributed by atoms with Crippen LogP contribution in [0.1, 0.15) is 418 Å². The molecule has 0 aliphatic carbocycles. The zero-order valence-corrected chi connectivity index (χ0v) is 56.2. The summed E-state index contributed by atoms with van der Waals surface area (Å²) in [6, 6.07) is -0.621. The van der Waals surface area contributed by atoms with E-state index in [1.807, 2.05) is 6.08 Å². The van der Waals surface area contributed by atoms with Gasteiger partial charge in [0.25, 0.3) is 0 Å². The molecule has 0 rings (SSSR count). The maximum absolute atomic E-state index is 12.4. The van der Waals surface area contributed by atoms with E-state index in [4.69, 9.17) is 4.74 Å². The van der Waals surface area contributed by atoms with Crippen LogP contribution in [0.3, 0.4) is 0 Å². The number of nitrogens with one attached hydrogen (secondary N) is 1. The molecule has 0 bridgehead atoms. The topological polar surface area (TPSA) is 95.9 Å². The highest BCUT2D eigenvalue weighted by molar-refractivity contribution is 5.76. The lowest BCUT2D eigenvalue weighted by molar-refractivity contribution is -0.143. The molecule has 2 unspecified atom stereocenters. The molecule has 0 aromatic rings. The van der Waals surface area contributed by atoms with E-state index in [1.165, 1.54) is 347 Å². The normalized spacial score (nSPS) is 12.7. The van der Waals surface area contributed by atoms with Gasteiger partial charge in [0, 0.05) is 12.8 Å². The van der Waals surface area contributed by atoms with Gasteiger partial charge in [0.05, 0.1) is 25.4 Å². The van der Waals surface area contributed by atoms with Crippen LogP contribution in [-0.2, 0) is 14.3 Å². The quantitative estimate of drug-likeness (QED) is 0.0320. The lowest BCUT2D eigenvalue weighted by Gasteiger charge is -2.20. The maximum Gasteiger partial charge on any atom is 0.305 e. The predicted octanol–water partition coefficient (Wildman–Crippen LogP) is 24.7. The number of aliphatic hydroxyl groups is 2. The van der Waals surface area contributed by atoms with E-state index in [0.717, 1.165) is 44.9 Å². The summed E-state index contributed by atoms with van der Waals surface area (Å²) in [4.78, 5) is 24.6. The number of rotatable bonds is 71. The number of esters is 1. The molecule has 0 saturated heterocycles. The van der Waals surface area contributed by atoms with E-state index < -0.39 is 12.1 Å². The van der Waals surface area contributed by atoms with Crippen molar-refractivity contribution in [3.63, 3.8) is 0 Å². The van der Waals surface area contributed by atoms with Gasteiger partial charge in [-0.3, -0.25) is 9.59 Å². The largest absolute Gasteiger partial charge is 0.466 e. The van der Waals surface area contributed by atoms with Crippen LogP contribution in [0, 0.1) is 0 Å². The van der Waals surface area contributed by atoms with Crippen molar-refractivity contribution in [1.29, 1.82) is 0 Å². The van der Waals surface area contributed by atoms with Gasteiger partial charge in [-0.15, -0.1) is 0 Å². The van der Waals surface area contributed by atoms with Gasteiger partial charge < -0.3 is 20.3 Å². The molecule has 6 nitrogen and oxygen atoms in total. The molecule has 1 amide bonds. The molecule has 6 heteroatoms. The zero-order valence-electron chi connectivity index (χ0n) is 56.2. The van der Waals surface area contributed by atoms with Crippen LogP contribution in [-0.4, -0.2) is 47.4 Å². The first kappa shape index (κ1) is 81.1. The van der Waals surface area contributed by atoms with Crippen molar-refractivity contribution < 1.29 is 24.5 Å². The molecular weight excluding hydrogens is 1020 g/mol. The summed E-state index contributed by atoms with van der Waals surface area (Å²) in [5, 5.41) is 23.0. The second kappa shape index (κ2) is 72.6. The Morgan fingerprint density at radius 1 is 0.337 bits per heavy atom. The number of amides is 1. The molecule has 0 heterocycles. The third-order valence-electron chi connectivity index (χ3n) is 17.7. The Hall–Kier alpha value is -1.92. The van der Waals surface area contributed by atoms with Gasteiger partial charge in [-0.25, -0.2) is 0 Å². The fraction of sp³-hybridized carbons (Fsp3) is 0.896. The van der Waals surface area contributed by atoms with Gasteiger partial charge in [0.2, 0.25) is 5.91 Å². The van der Waals surface area contributed by atoms with Gasteiger partial charge in [0.15, 0.2) is 0 Å². The van der Waals surface area contributed by atoms with Crippen LogP contribution in [0.15, 0.2) is 36.5 Å². The van der Waals surface area contributed by atoms with Crippen LogP contribution >= 0.6 is 0 Å². The zero-order chi connectivity index (χ0) is 59.9. The standard InChI is InChI=1S/C77H147NO5/c1-3-5-7-9-11-13-15-16-17-18-38-42-45-48-51-55-59-63-67-71-77(82)83-72-68-64-60-56-52-49-46-43-40-37-35-33-31-29-27-25-23-21-19-20-22-24-26-28-30-32-34-36-39-41-44-47-50-54-58-62-66-70-76(81)78-74(73-79)75(80)69-65-61-57-53-14-12-10-8-6-4-2/h11,13,16-17,65,69,74-75,79-80H,3-10,12,14-15,18-64,66-68,70-73H2,1-2H3,(H,78,81)/b13-11-,17-16-,69-65+. The van der Waals surface area contributed by atoms with Gasteiger partial charge in [-0.1, -0.05) is 378 Å². The minimum Gasteiger partial charge on any atom is -0.466 e. The first-order chi connectivity index (χ1) is 41.0. The molecule has 490 valence electrons. The van der Waals surface area contributed by atoms with E-state index in [2.05, 4.69) is 43.5 Å². The fourth-order valence-corrected chi connectivity index (χ4v) is 11.9. The smallest absolute Gasteiger partial charge is 0.305 e. The molecule has 3 N–H and O–H groups in total. The SMILES string of the molecule is CCCCC/C=C\C/C=C\CCCCCCCCCCCC(=O)OCCCCCCCCCCCCCCCCCCCCCCCCCCCCCCCCCCCCCCCC(=O)NC(CO)C(O)/C=C/CCCCCCCCCC. The fourth-order valence-electron chi connectivity index (χ4n) is 11.9. The van der Waals surface area contributed by atoms with E-state index in [9.17, 15) is 19.8 Å². The summed E-state index contributed by atoms with van der Waals surface area (Å²) < 4.78 is 5.52. The van der Waals surface area contributed by atoms with E-state index in [0.29, 0.717) is 19.4 Å². The average molecular weight is 1170 g/mol. The van der Waals surface area contributed by atoms with Crippen molar-refractivity contribution in [2.75, 3.05) is 13.2 Å². The highest BCUT2D eigenvalue weighted by atomic mass is 16.5. The van der Waals surface area contributed by atoms with Crippen molar-refractivity contribution in [1.82, 2.24) is 5.32 Å². The highest BCUT2D eigenvalue weighted by Gasteiger charge is 2.18. The molecule has 0 aliphatic rings. The van der Waals surface area contributed by atoms with Crippen molar-refractivity contribution in [3.8, 4) is 0 Å². The monoisotopic (exact) mass is 1170 g/mol. The first-order valence-electron chi connectivity index (χ1n) is 37.8. The van der Waals surface area contributed by atoms with E-state index in [1.54, 1.807) is 6.08 Å². The summed E-state index contributed by atoms with van der Waals surface area (Å²) in [6.45, 7) is 4.89. The summed E-state index contributed by atoms with van der Waals surface area (Å²) >= 11 is 0. The Morgan fingerprint density at radius 2 is 0.602 bits per heavy atom. The molecule has 0 saturated carbocycles. The van der Waals surface area contributed by atoms with Gasteiger partial charge >= 0.3 is 5.97 Å². The number of hydrogen-bond acceptors (Lipinski definition) is 5. The Labute approximate surface area is 519 Å². The van der Waals surface area contributed by atoms with Gasteiger partial charge in [-0.05, 0) is 64.2 Å². The lowest BCUT2D eigenvalue weighted by Crippen LogP contribution is -2.45. The molecular formula is C77H147NO5. The summed E-state index contributed by atoms with van der Waals surface area (Å²) in [5.74, 6) is -0.0427. The number of hydrogen-bond donors (Lipinski definition) is 3. The highest BCUT2D eigenvalue weighted by Crippen LogP contribution is 2.19. The first-order valence-corrected chi connectivity index (χ1v) is 37.8. The van der Waals surface area contributed by atoms with Crippen molar-refractivity contribution >= 4 is 11.9 Å². The number of unbranched alkanes of at least 4 members (excludes halogenated alkanes) is 56. The van der Waals surface area contributed by atoms with Gasteiger partial charge in [-0.2, -0.15) is 0 Å². The van der Waals surface area contributed by atoms with E-state index >= 15 is 0 Å². The molecule has 2 atom stereocenters. The Bertz CT molecular complexity index is 1340. The van der Waals surface area contributed by atoms with Crippen molar-refractivity contribution in [3.05, 3.63) is 36.5 Å². The third-order valence-corrected chi connectivity index (χ3v) is 17.7. The molecule has 83 heavy (non-hydrogen) atoms. The lowest BCUT2D eigenvalue weighted by atomic mass is 10.0. The number of ether oxygens (including phenoxy) is 1. The molecule has 0 aliphatic heterocycles. The maximum atomic E-state index is 12.4. The van der Waals surface area contributed by atoms with Crippen LogP contribution in [0.5, 0.6) is 0 Å². The number of carbonyl (C=O) groups excluding carboxylic acids is 2. The van der Waals surface area contributed by atoms with Crippen molar-refractivity contribution in [2.45, 2.75) is 431 Å². The summed E-state index contributed by atoms with van der Waals surface area (Å²) in [6.07, 6.45) is 94.2. The summed E-state index contributed by atoms with van der Waals surface area (Å²) in [5.41, 5.74) is 0. The van der Waals surface area contributed by atoms with Crippen LogP contribution in [0.4, 0.5) is 0 Å². The third kappa shape index (κ3) is 69.1. The average Bonchev–Trinajstić information content (AvgIpc) is 3.50. The molecule has 0 fully saturated rings. The second-order valence-electron chi connectivity index (χ2n) is 26.0. The number of aliphatic hydroxyl groups excluding tert-OH is 2. The molecule has 0 aromatic carbocycles. The molecule has 0 radical (unpaired) electrons. The van der Waals surface area contributed by atoms with Crippen LogP contribution < -0.4 is 5.32 Å². The predicted molar refractivity (Wildman–Crippen MR) is 366 cm³/mol. The Kier molecular flexibility index (Phi) is 70.9. The molecule has 0 spiro atoms. The Morgan fingerprint density at radius 3 is 0.940 bits per heavy atom. The van der Waals surface area contributed by atoms with Crippen LogP contribution in [0.2, 0.25) is 0 Å². The van der Waals surface area contributed by atoms with Crippen LogP contribution in [0.25, 0.3) is 0 Å². The summed E-state index contributed by atoms with van der Waals surface area (Å²) in [7, 11) is 0. The minimum absolute atomic E-state index is 0.0198. The second-order valence-corrected chi connectivity index (χ2v) is 26.0. The van der Waals surface area contributed by atoms with Crippen molar-refractivity contribution in [2.24, 2.45) is 0 Å².